The third-order valence-electron chi connectivity index (χ3n) is 4.91. The van der Waals surface area contributed by atoms with E-state index in [1.807, 2.05) is 25.1 Å². The van der Waals surface area contributed by atoms with Crippen LogP contribution >= 0.6 is 11.3 Å². The number of hydrogen-bond donors (Lipinski definition) is 1. The van der Waals surface area contributed by atoms with Crippen molar-refractivity contribution < 1.29 is 19.4 Å². The van der Waals surface area contributed by atoms with E-state index < -0.39 is 17.7 Å². The fourth-order valence-corrected chi connectivity index (χ4v) is 4.20. The van der Waals surface area contributed by atoms with Crippen molar-refractivity contribution in [3.8, 4) is 5.75 Å². The number of ether oxygens (including phenoxy) is 1. The summed E-state index contributed by atoms with van der Waals surface area (Å²) in [6, 6.07) is 17.3. The van der Waals surface area contributed by atoms with Crippen LogP contribution in [0.15, 0.2) is 77.4 Å². The van der Waals surface area contributed by atoms with Gasteiger partial charge in [-0.15, -0.1) is 11.3 Å². The first-order valence-corrected chi connectivity index (χ1v) is 9.94. The predicted octanol–water partition coefficient (Wildman–Crippen LogP) is 4.85. The molecular weight excluding hydrogens is 386 g/mol. The molecule has 1 aliphatic heterocycles. The number of benzene rings is 2. The Balaban J connectivity index is 1.87. The van der Waals surface area contributed by atoms with E-state index in [0.29, 0.717) is 21.9 Å². The van der Waals surface area contributed by atoms with Crippen molar-refractivity contribution in [1.29, 1.82) is 0 Å². The number of carbonyl (C=O) groups is 2. The van der Waals surface area contributed by atoms with E-state index in [1.165, 1.54) is 16.2 Å². The van der Waals surface area contributed by atoms with Gasteiger partial charge in [-0.25, -0.2) is 0 Å². The minimum Gasteiger partial charge on any atom is -0.503 e. The van der Waals surface area contributed by atoms with E-state index in [1.54, 1.807) is 55.0 Å². The molecule has 5 nitrogen and oxygen atoms in total. The highest BCUT2D eigenvalue weighted by atomic mass is 32.1. The number of ketones is 1. The lowest BCUT2D eigenvalue weighted by molar-refractivity contribution is -0.117. The van der Waals surface area contributed by atoms with E-state index in [2.05, 4.69) is 0 Å². The number of aryl methyl sites for hydroxylation is 1. The van der Waals surface area contributed by atoms with Gasteiger partial charge in [0.1, 0.15) is 5.75 Å². The quantitative estimate of drug-likeness (QED) is 0.617. The summed E-state index contributed by atoms with van der Waals surface area (Å²) in [5, 5.41) is 12.5. The molecule has 1 aromatic heterocycles. The molecule has 2 aromatic carbocycles. The topological polar surface area (TPSA) is 66.8 Å². The lowest BCUT2D eigenvalue weighted by atomic mass is 9.95. The highest BCUT2D eigenvalue weighted by Gasteiger charge is 2.44. The van der Waals surface area contributed by atoms with Crippen LogP contribution in [0.25, 0.3) is 0 Å². The zero-order valence-electron chi connectivity index (χ0n) is 16.0. The number of methoxy groups -OCH3 is 1. The summed E-state index contributed by atoms with van der Waals surface area (Å²) in [7, 11) is 1.57. The number of nitrogens with zero attached hydrogens (tertiary/aromatic N) is 1. The first-order chi connectivity index (χ1) is 14.0. The van der Waals surface area contributed by atoms with E-state index in [9.17, 15) is 14.7 Å². The number of carbonyl (C=O) groups excluding carboxylic acids is 2. The fraction of sp³-hybridized carbons (Fsp3) is 0.130. The van der Waals surface area contributed by atoms with Crippen LogP contribution in [-0.2, 0) is 4.79 Å². The maximum Gasteiger partial charge on any atom is 0.294 e. The monoisotopic (exact) mass is 405 g/mol. The summed E-state index contributed by atoms with van der Waals surface area (Å²) in [4.78, 5) is 28.2. The second-order valence-electron chi connectivity index (χ2n) is 6.76. The number of aliphatic hydroxyl groups is 1. The number of hydrogen-bond acceptors (Lipinski definition) is 5. The van der Waals surface area contributed by atoms with Crippen molar-refractivity contribution in [1.82, 2.24) is 0 Å². The van der Waals surface area contributed by atoms with Gasteiger partial charge in [-0.2, -0.15) is 0 Å². The predicted molar refractivity (Wildman–Crippen MR) is 113 cm³/mol. The Labute approximate surface area is 172 Å². The summed E-state index contributed by atoms with van der Waals surface area (Å²) in [5.41, 5.74) is 2.39. The molecule has 0 saturated carbocycles. The highest BCUT2D eigenvalue weighted by Crippen LogP contribution is 2.42. The van der Waals surface area contributed by atoms with Crippen LogP contribution in [0.4, 0.5) is 5.69 Å². The molecule has 146 valence electrons. The summed E-state index contributed by atoms with van der Waals surface area (Å²) < 4.78 is 5.23. The summed E-state index contributed by atoms with van der Waals surface area (Å²) in [6.07, 6.45) is 0. The number of anilines is 1. The summed E-state index contributed by atoms with van der Waals surface area (Å²) >= 11 is 1.28. The maximum absolute atomic E-state index is 13.2. The smallest absolute Gasteiger partial charge is 0.294 e. The van der Waals surface area contributed by atoms with Crippen LogP contribution in [-0.4, -0.2) is 23.9 Å². The third kappa shape index (κ3) is 3.32. The number of amides is 1. The average molecular weight is 405 g/mol. The van der Waals surface area contributed by atoms with Gasteiger partial charge in [0.25, 0.3) is 5.91 Å². The molecule has 3 aromatic rings. The Morgan fingerprint density at radius 3 is 2.48 bits per heavy atom. The molecule has 1 unspecified atom stereocenters. The molecule has 0 saturated heterocycles. The third-order valence-corrected chi connectivity index (χ3v) is 5.78. The van der Waals surface area contributed by atoms with E-state index >= 15 is 0 Å². The van der Waals surface area contributed by atoms with Gasteiger partial charge in [0.05, 0.1) is 23.6 Å². The highest BCUT2D eigenvalue weighted by molar-refractivity contribution is 7.12. The zero-order valence-corrected chi connectivity index (χ0v) is 16.8. The fourth-order valence-electron chi connectivity index (χ4n) is 3.52. The van der Waals surface area contributed by atoms with Crippen LogP contribution in [0.5, 0.6) is 5.75 Å². The Morgan fingerprint density at radius 1 is 1.10 bits per heavy atom. The Kier molecular flexibility index (Phi) is 4.94. The van der Waals surface area contributed by atoms with Crippen LogP contribution in [0.2, 0.25) is 0 Å². The van der Waals surface area contributed by atoms with Crippen LogP contribution < -0.4 is 9.64 Å². The average Bonchev–Trinajstić information content (AvgIpc) is 3.35. The number of rotatable bonds is 5. The molecule has 29 heavy (non-hydrogen) atoms. The molecule has 1 amide bonds. The minimum absolute atomic E-state index is 0.0872. The molecule has 0 radical (unpaired) electrons. The van der Waals surface area contributed by atoms with Crippen LogP contribution in [0.1, 0.15) is 26.8 Å². The Hall–Kier alpha value is -3.38. The van der Waals surface area contributed by atoms with Crippen molar-refractivity contribution in [2.24, 2.45) is 0 Å². The first-order valence-electron chi connectivity index (χ1n) is 9.06. The first kappa shape index (κ1) is 19.0. The molecule has 0 bridgehead atoms. The molecule has 0 aliphatic carbocycles. The van der Waals surface area contributed by atoms with Gasteiger partial charge in [-0.1, -0.05) is 30.3 Å². The standard InChI is InChI=1S/C23H19NO4S/c1-14-5-3-6-16(13-14)24-20(15-8-10-17(28-2)11-9-15)19(22(26)23(24)27)21(25)18-7-4-12-29-18/h3-13,20,26H,1-2H3. The van der Waals surface area contributed by atoms with Crippen LogP contribution in [0.3, 0.4) is 0 Å². The Bertz CT molecular complexity index is 1100. The molecule has 0 fully saturated rings. The molecule has 2 heterocycles. The summed E-state index contributed by atoms with van der Waals surface area (Å²) in [6.45, 7) is 1.93. The van der Waals surface area contributed by atoms with Crippen molar-refractivity contribution in [3.05, 3.63) is 93.4 Å². The minimum atomic E-state index is -0.732. The summed E-state index contributed by atoms with van der Waals surface area (Å²) in [5.74, 6) is -0.775. The molecule has 1 aliphatic rings. The van der Waals surface area contributed by atoms with Gasteiger partial charge in [0.15, 0.2) is 5.76 Å². The van der Waals surface area contributed by atoms with E-state index in [4.69, 9.17) is 4.74 Å². The van der Waals surface area contributed by atoms with Crippen molar-refractivity contribution >= 4 is 28.7 Å². The Morgan fingerprint density at radius 2 is 1.86 bits per heavy atom. The number of aliphatic hydroxyl groups excluding tert-OH is 1. The molecule has 0 spiro atoms. The van der Waals surface area contributed by atoms with Gasteiger partial charge in [0, 0.05) is 5.69 Å². The molecular formula is C23H19NO4S. The maximum atomic E-state index is 13.2. The molecule has 4 rings (SSSR count). The van der Waals surface area contributed by atoms with Gasteiger partial charge in [0.2, 0.25) is 5.78 Å². The number of Topliss-reactive ketones (excluding diaryl/α,β-unsaturated/α-hetero) is 1. The van der Waals surface area contributed by atoms with Gasteiger partial charge < -0.3 is 9.84 Å². The van der Waals surface area contributed by atoms with Crippen molar-refractivity contribution in [2.75, 3.05) is 12.0 Å². The van der Waals surface area contributed by atoms with Crippen molar-refractivity contribution in [3.63, 3.8) is 0 Å². The van der Waals surface area contributed by atoms with E-state index in [-0.39, 0.29) is 11.4 Å². The second kappa shape index (κ2) is 7.56. The van der Waals surface area contributed by atoms with Gasteiger partial charge >= 0.3 is 0 Å². The van der Waals surface area contributed by atoms with Crippen molar-refractivity contribution in [2.45, 2.75) is 13.0 Å². The molecule has 6 heteroatoms. The largest absolute Gasteiger partial charge is 0.503 e. The van der Waals surface area contributed by atoms with E-state index in [0.717, 1.165) is 5.56 Å². The lowest BCUT2D eigenvalue weighted by Gasteiger charge is -2.27. The molecule has 1 N–H and O–H groups in total. The number of thiophene rings is 1. The van der Waals surface area contributed by atoms with Crippen LogP contribution in [0, 0.1) is 6.92 Å². The van der Waals surface area contributed by atoms with Gasteiger partial charge in [-0.05, 0) is 53.8 Å². The normalized spacial score (nSPS) is 16.4. The van der Waals surface area contributed by atoms with Gasteiger partial charge in [-0.3, -0.25) is 14.5 Å². The SMILES string of the molecule is COc1ccc(C2C(C(=O)c3cccs3)=C(O)C(=O)N2c2cccc(C)c2)cc1. The zero-order chi connectivity index (χ0) is 20.5. The second-order valence-corrected chi connectivity index (χ2v) is 7.71. The lowest BCUT2D eigenvalue weighted by Crippen LogP contribution is -2.31. The molecule has 1 atom stereocenters.